The highest BCUT2D eigenvalue weighted by molar-refractivity contribution is 6.06. The fourth-order valence-corrected chi connectivity index (χ4v) is 5.21. The second-order valence-corrected chi connectivity index (χ2v) is 10.2. The molecule has 7 nitrogen and oxygen atoms in total. The Morgan fingerprint density at radius 3 is 2.24 bits per heavy atom. The minimum atomic E-state index is -0.690. The zero-order valence-electron chi connectivity index (χ0n) is 23.9. The molecule has 5 rings (SSSR count). The smallest absolute Gasteiger partial charge is 0.354 e. The number of methoxy groups -OCH3 is 1. The van der Waals surface area contributed by atoms with Crippen LogP contribution < -0.4 is 10.6 Å². The van der Waals surface area contributed by atoms with E-state index in [0.29, 0.717) is 27.8 Å². The van der Waals surface area contributed by atoms with Crippen LogP contribution in [-0.4, -0.2) is 29.9 Å². The number of benzene rings is 4. The quantitative estimate of drug-likeness (QED) is 0.177. The summed E-state index contributed by atoms with van der Waals surface area (Å²) in [4.78, 5) is 43.7. The van der Waals surface area contributed by atoms with Crippen molar-refractivity contribution >= 4 is 45.5 Å². The van der Waals surface area contributed by atoms with E-state index in [4.69, 9.17) is 4.74 Å². The van der Waals surface area contributed by atoms with E-state index in [1.54, 1.807) is 32.2 Å². The maximum absolute atomic E-state index is 13.4. The molecule has 2 amide bonds. The Morgan fingerprint density at radius 1 is 0.833 bits per heavy atom. The maximum atomic E-state index is 13.4. The number of fused-ring (bicyclic) bond motifs is 2. The lowest BCUT2D eigenvalue weighted by Gasteiger charge is -2.18. The van der Waals surface area contributed by atoms with Crippen LogP contribution in [0.3, 0.4) is 0 Å². The third-order valence-electron chi connectivity index (χ3n) is 7.24. The summed E-state index contributed by atoms with van der Waals surface area (Å²) in [6.07, 6.45) is 3.16. The van der Waals surface area contributed by atoms with E-state index in [1.165, 1.54) is 13.2 Å². The normalized spacial score (nSPS) is 12.1. The Labute approximate surface area is 244 Å². The molecule has 1 heterocycles. The van der Waals surface area contributed by atoms with E-state index in [2.05, 4.69) is 15.6 Å². The van der Waals surface area contributed by atoms with Gasteiger partial charge in [-0.15, -0.1) is 0 Å². The number of pyridine rings is 1. The van der Waals surface area contributed by atoms with Gasteiger partial charge in [0.2, 0.25) is 0 Å². The number of para-hydroxylation sites is 1. The molecule has 4 aromatic carbocycles. The zero-order chi connectivity index (χ0) is 29.8. The molecule has 0 saturated heterocycles. The van der Waals surface area contributed by atoms with Gasteiger partial charge < -0.3 is 15.4 Å². The van der Waals surface area contributed by atoms with Crippen LogP contribution in [0.5, 0.6) is 0 Å². The van der Waals surface area contributed by atoms with E-state index in [0.717, 1.165) is 27.2 Å². The van der Waals surface area contributed by atoms with Gasteiger partial charge in [-0.3, -0.25) is 14.6 Å². The van der Waals surface area contributed by atoms with E-state index in [9.17, 15) is 14.4 Å². The number of hydrogen-bond donors (Lipinski definition) is 2. The van der Waals surface area contributed by atoms with Gasteiger partial charge in [0.1, 0.15) is 5.70 Å². The van der Waals surface area contributed by atoms with E-state index >= 15 is 0 Å². The minimum Gasteiger partial charge on any atom is -0.464 e. The Hall–Kier alpha value is -5.30. The van der Waals surface area contributed by atoms with Crippen molar-refractivity contribution in [2.75, 3.05) is 7.11 Å². The molecule has 1 atom stereocenters. The van der Waals surface area contributed by atoms with Gasteiger partial charge in [-0.05, 0) is 84.1 Å². The summed E-state index contributed by atoms with van der Waals surface area (Å²) in [5.74, 6) is -1.41. The molecule has 0 bridgehead atoms. The number of rotatable bonds is 7. The molecule has 5 aromatic rings. The molecule has 210 valence electrons. The fraction of sp³-hybridized carbons (Fsp3) is 0.143. The lowest BCUT2D eigenvalue weighted by atomic mass is 9.97. The second-order valence-electron chi connectivity index (χ2n) is 10.2. The molecule has 0 aliphatic carbocycles. The number of nitrogens with zero attached hydrogens (tertiary/aromatic N) is 1. The summed E-state index contributed by atoms with van der Waals surface area (Å²) in [7, 11) is 1.25. The van der Waals surface area contributed by atoms with Crippen molar-refractivity contribution < 1.29 is 19.1 Å². The van der Waals surface area contributed by atoms with Crippen LogP contribution in [0.2, 0.25) is 0 Å². The lowest BCUT2D eigenvalue weighted by Crippen LogP contribution is -2.30. The van der Waals surface area contributed by atoms with Gasteiger partial charge in [-0.25, -0.2) is 4.79 Å². The van der Waals surface area contributed by atoms with E-state index in [-0.39, 0.29) is 17.6 Å². The topological polar surface area (TPSA) is 97.4 Å². The van der Waals surface area contributed by atoms with E-state index in [1.807, 2.05) is 79.7 Å². The average molecular weight is 558 g/mol. The Bertz CT molecular complexity index is 1850. The number of amides is 2. The molecular weight excluding hydrogens is 526 g/mol. The first-order valence-corrected chi connectivity index (χ1v) is 13.6. The highest BCUT2D eigenvalue weighted by Gasteiger charge is 2.21. The van der Waals surface area contributed by atoms with Crippen molar-refractivity contribution in [1.29, 1.82) is 0 Å². The van der Waals surface area contributed by atoms with Crippen molar-refractivity contribution in [3.63, 3.8) is 0 Å². The van der Waals surface area contributed by atoms with Crippen molar-refractivity contribution in [1.82, 2.24) is 15.6 Å². The SMILES string of the molecule is COC(=O)C(=Cc1cnc2ccccc2c1)NC(=O)c1c(C)cc(C(=O)N[C@H](C)c2cccc3ccccc23)cc1C. The summed E-state index contributed by atoms with van der Waals surface area (Å²) >= 11 is 0. The largest absolute Gasteiger partial charge is 0.464 e. The highest BCUT2D eigenvalue weighted by atomic mass is 16.5. The highest BCUT2D eigenvalue weighted by Crippen LogP contribution is 2.25. The van der Waals surface area contributed by atoms with Crippen molar-refractivity contribution in [2.24, 2.45) is 0 Å². The van der Waals surface area contributed by atoms with Crippen LogP contribution in [-0.2, 0) is 9.53 Å². The van der Waals surface area contributed by atoms with Gasteiger partial charge in [0, 0.05) is 22.7 Å². The Balaban J connectivity index is 1.37. The predicted molar refractivity (Wildman–Crippen MR) is 165 cm³/mol. The van der Waals surface area contributed by atoms with Crippen LogP contribution in [0.25, 0.3) is 27.8 Å². The second kappa shape index (κ2) is 12.1. The summed E-state index contributed by atoms with van der Waals surface area (Å²) in [6, 6.07) is 26.7. The number of hydrogen-bond acceptors (Lipinski definition) is 5. The molecule has 7 heteroatoms. The van der Waals surface area contributed by atoms with Crippen molar-refractivity contribution in [2.45, 2.75) is 26.8 Å². The van der Waals surface area contributed by atoms with Gasteiger partial charge >= 0.3 is 5.97 Å². The van der Waals surface area contributed by atoms with Crippen LogP contribution in [0.1, 0.15) is 55.9 Å². The molecule has 0 radical (unpaired) electrons. The monoisotopic (exact) mass is 557 g/mol. The third-order valence-corrected chi connectivity index (χ3v) is 7.24. The molecule has 0 unspecified atom stereocenters. The molecule has 0 aliphatic heterocycles. The van der Waals surface area contributed by atoms with Crippen LogP contribution in [0.4, 0.5) is 0 Å². The number of carbonyl (C=O) groups excluding carboxylic acids is 3. The third kappa shape index (κ3) is 5.90. The molecule has 0 spiro atoms. The van der Waals surface area contributed by atoms with E-state index < -0.39 is 11.9 Å². The van der Waals surface area contributed by atoms with Gasteiger partial charge in [-0.1, -0.05) is 60.7 Å². The van der Waals surface area contributed by atoms with Gasteiger partial charge in [0.25, 0.3) is 11.8 Å². The molecular formula is C35H31N3O4. The Kier molecular flexibility index (Phi) is 8.11. The maximum Gasteiger partial charge on any atom is 0.354 e. The van der Waals surface area contributed by atoms with Gasteiger partial charge in [0.15, 0.2) is 0 Å². The summed E-state index contributed by atoms with van der Waals surface area (Å²) in [5.41, 5.74) is 4.48. The molecule has 1 aromatic heterocycles. The molecule has 0 aliphatic rings. The zero-order valence-corrected chi connectivity index (χ0v) is 23.9. The first-order valence-electron chi connectivity index (χ1n) is 13.6. The first kappa shape index (κ1) is 28.2. The van der Waals surface area contributed by atoms with Crippen LogP contribution in [0, 0.1) is 13.8 Å². The van der Waals surface area contributed by atoms with Crippen molar-refractivity contribution in [3.8, 4) is 0 Å². The number of aromatic nitrogens is 1. The lowest BCUT2D eigenvalue weighted by molar-refractivity contribution is -0.136. The molecule has 0 fully saturated rings. The number of carbonyl (C=O) groups is 3. The standard InChI is InChI=1S/C35H31N3O4/c1-21-16-27(33(39)37-23(3)28-14-9-12-25-10-5-7-13-29(25)28)17-22(2)32(21)34(40)38-31(35(41)42-4)19-24-18-26-11-6-8-15-30(26)36-20-24/h5-20,23H,1-4H3,(H,37,39)(H,38,40)/t23-/m1/s1. The first-order chi connectivity index (χ1) is 20.2. The average Bonchev–Trinajstić information content (AvgIpc) is 2.99. The summed E-state index contributed by atoms with van der Waals surface area (Å²) in [6.45, 7) is 5.48. The number of nitrogens with one attached hydrogen (secondary N) is 2. The number of esters is 1. The summed E-state index contributed by atoms with van der Waals surface area (Å²) in [5, 5.41) is 8.88. The van der Waals surface area contributed by atoms with Crippen LogP contribution in [0.15, 0.2) is 96.8 Å². The summed E-state index contributed by atoms with van der Waals surface area (Å²) < 4.78 is 4.92. The number of ether oxygens (including phenoxy) is 1. The van der Waals surface area contributed by atoms with Gasteiger partial charge in [-0.2, -0.15) is 0 Å². The van der Waals surface area contributed by atoms with Crippen molar-refractivity contribution in [3.05, 3.63) is 130 Å². The molecule has 2 N–H and O–H groups in total. The minimum absolute atomic E-state index is 0.0240. The number of aryl methyl sites for hydroxylation is 2. The predicted octanol–water partition coefficient (Wildman–Crippen LogP) is 6.44. The fourth-order valence-electron chi connectivity index (χ4n) is 5.21. The molecule has 42 heavy (non-hydrogen) atoms. The van der Waals surface area contributed by atoms with Gasteiger partial charge in [0.05, 0.1) is 18.7 Å². The molecule has 0 saturated carbocycles. The Morgan fingerprint density at radius 2 is 1.50 bits per heavy atom. The van der Waals surface area contributed by atoms with Crippen LogP contribution >= 0.6 is 0 Å².